The summed E-state index contributed by atoms with van der Waals surface area (Å²) < 4.78 is 33.5. The van der Waals surface area contributed by atoms with Crippen LogP contribution in [0, 0.1) is 0 Å². The number of rotatable bonds is 4. The predicted octanol–water partition coefficient (Wildman–Crippen LogP) is 0.921. The zero-order valence-electron chi connectivity index (χ0n) is 11.0. The van der Waals surface area contributed by atoms with Crippen molar-refractivity contribution in [1.29, 1.82) is 0 Å². The van der Waals surface area contributed by atoms with Gasteiger partial charge in [-0.25, -0.2) is 8.42 Å². The molecule has 0 spiro atoms. The van der Waals surface area contributed by atoms with Crippen molar-refractivity contribution in [3.63, 3.8) is 0 Å². The molecule has 108 valence electrons. The molecule has 1 aromatic rings. The molecule has 0 radical (unpaired) electrons. The first-order valence-electron chi connectivity index (χ1n) is 6.08. The Morgan fingerprint density at radius 3 is 2.89 bits per heavy atom. The Labute approximate surface area is 118 Å². The molecule has 0 atom stereocenters. The third kappa shape index (κ3) is 3.28. The fourth-order valence-corrected chi connectivity index (χ4v) is 3.72. The Morgan fingerprint density at radius 2 is 2.26 bits per heavy atom. The largest absolute Gasteiger partial charge is 0.373 e. The lowest BCUT2D eigenvalue weighted by atomic mass is 10.1. The van der Waals surface area contributed by atoms with Crippen LogP contribution in [0.2, 0.25) is 0 Å². The van der Waals surface area contributed by atoms with Gasteiger partial charge in [0.2, 0.25) is 10.0 Å². The molecule has 0 saturated carbocycles. The van der Waals surface area contributed by atoms with Gasteiger partial charge in [-0.15, -0.1) is 11.6 Å². The number of sulfonamides is 1. The molecule has 2 heterocycles. The number of hydrogen-bond acceptors (Lipinski definition) is 4. The highest BCUT2D eigenvalue weighted by Gasteiger charge is 2.35. The Hall–Kier alpha value is -0.630. The number of nitrogens with zero attached hydrogens (tertiary/aromatic N) is 3. The number of morpholine rings is 1. The first-order valence-corrected chi connectivity index (χ1v) is 8.05. The van der Waals surface area contributed by atoms with Crippen LogP contribution in [0.3, 0.4) is 0 Å². The maximum Gasteiger partial charge on any atom is 0.246 e. The summed E-state index contributed by atoms with van der Waals surface area (Å²) in [5, 5.41) is 4.00. The first kappa shape index (κ1) is 14.8. The molecule has 0 amide bonds. The summed E-state index contributed by atoms with van der Waals surface area (Å²) in [5.41, 5.74) is -0.461. The van der Waals surface area contributed by atoms with E-state index < -0.39 is 15.6 Å². The highest BCUT2D eigenvalue weighted by molar-refractivity contribution is 7.89. The maximum absolute atomic E-state index is 12.5. The highest BCUT2D eigenvalue weighted by Crippen LogP contribution is 2.23. The molecule has 1 aromatic heterocycles. The van der Waals surface area contributed by atoms with Crippen molar-refractivity contribution in [2.75, 3.05) is 25.6 Å². The van der Waals surface area contributed by atoms with Gasteiger partial charge in [-0.1, -0.05) is 0 Å². The van der Waals surface area contributed by atoms with E-state index in [0.29, 0.717) is 32.1 Å². The minimum atomic E-state index is -3.50. The third-order valence-corrected chi connectivity index (χ3v) is 4.92. The zero-order chi connectivity index (χ0) is 14.1. The number of aryl methyl sites for hydroxylation is 1. The summed E-state index contributed by atoms with van der Waals surface area (Å²) >= 11 is 5.61. The molecular formula is C11H18ClN3O3S. The topological polar surface area (TPSA) is 64.4 Å². The van der Waals surface area contributed by atoms with Crippen molar-refractivity contribution in [1.82, 2.24) is 14.1 Å². The summed E-state index contributed by atoms with van der Waals surface area (Å²) in [5.74, 6) is 0.395. The van der Waals surface area contributed by atoms with Gasteiger partial charge in [0.25, 0.3) is 0 Å². The summed E-state index contributed by atoms with van der Waals surface area (Å²) in [4.78, 5) is 0.204. The molecule has 0 unspecified atom stereocenters. The smallest absolute Gasteiger partial charge is 0.246 e. The van der Waals surface area contributed by atoms with Crippen molar-refractivity contribution in [2.24, 2.45) is 0 Å². The van der Waals surface area contributed by atoms with Crippen molar-refractivity contribution in [3.05, 3.63) is 12.4 Å². The molecule has 2 rings (SSSR count). The van der Waals surface area contributed by atoms with Crippen LogP contribution in [-0.4, -0.2) is 53.7 Å². The van der Waals surface area contributed by atoms with E-state index in [9.17, 15) is 8.42 Å². The number of ether oxygens (including phenoxy) is 1. The van der Waals surface area contributed by atoms with E-state index >= 15 is 0 Å². The van der Waals surface area contributed by atoms with E-state index in [1.165, 1.54) is 21.4 Å². The molecular weight excluding hydrogens is 290 g/mol. The number of aromatic nitrogens is 2. The summed E-state index contributed by atoms with van der Waals surface area (Å²) in [6, 6.07) is 0. The van der Waals surface area contributed by atoms with Crippen molar-refractivity contribution < 1.29 is 13.2 Å². The molecule has 19 heavy (non-hydrogen) atoms. The molecule has 0 aliphatic carbocycles. The van der Waals surface area contributed by atoms with E-state index in [1.807, 2.05) is 13.8 Å². The van der Waals surface area contributed by atoms with E-state index in [4.69, 9.17) is 16.3 Å². The quantitative estimate of drug-likeness (QED) is 0.776. The maximum atomic E-state index is 12.5. The second kappa shape index (κ2) is 5.40. The molecule has 1 aliphatic heterocycles. The second-order valence-corrected chi connectivity index (χ2v) is 7.39. The minimum Gasteiger partial charge on any atom is -0.373 e. The number of hydrogen-bond donors (Lipinski definition) is 0. The molecule has 0 N–H and O–H groups in total. The fourth-order valence-electron chi connectivity index (χ4n) is 2.01. The van der Waals surface area contributed by atoms with E-state index in [1.54, 1.807) is 0 Å². The summed E-state index contributed by atoms with van der Waals surface area (Å²) in [7, 11) is -3.50. The monoisotopic (exact) mass is 307 g/mol. The molecule has 1 saturated heterocycles. The van der Waals surface area contributed by atoms with Crippen LogP contribution in [0.15, 0.2) is 17.3 Å². The Bertz CT molecular complexity index is 541. The van der Waals surface area contributed by atoms with Gasteiger partial charge in [-0.3, -0.25) is 4.68 Å². The lowest BCUT2D eigenvalue weighted by Gasteiger charge is -2.37. The lowest BCUT2D eigenvalue weighted by molar-refractivity contribution is -0.0640. The second-order valence-electron chi connectivity index (χ2n) is 5.07. The molecule has 0 bridgehead atoms. The number of halogens is 1. The van der Waals surface area contributed by atoms with E-state index in [-0.39, 0.29) is 4.90 Å². The van der Waals surface area contributed by atoms with Gasteiger partial charge in [-0.2, -0.15) is 9.40 Å². The van der Waals surface area contributed by atoms with Crippen LogP contribution >= 0.6 is 11.6 Å². The molecule has 8 heteroatoms. The Morgan fingerprint density at radius 1 is 1.53 bits per heavy atom. The Kier molecular flexibility index (Phi) is 4.20. The SMILES string of the molecule is CC1(C)CN(S(=O)(=O)c2cnn(CCCl)c2)CCO1. The minimum absolute atomic E-state index is 0.204. The van der Waals surface area contributed by atoms with Gasteiger partial charge in [-0.05, 0) is 13.8 Å². The summed E-state index contributed by atoms with van der Waals surface area (Å²) in [6.07, 6.45) is 2.88. The van der Waals surface area contributed by atoms with Crippen LogP contribution in [-0.2, 0) is 21.3 Å². The fraction of sp³-hybridized carbons (Fsp3) is 0.727. The zero-order valence-corrected chi connectivity index (χ0v) is 12.6. The van der Waals surface area contributed by atoms with Crippen molar-refractivity contribution in [3.8, 4) is 0 Å². The van der Waals surface area contributed by atoms with Gasteiger partial charge in [0.1, 0.15) is 4.90 Å². The van der Waals surface area contributed by atoms with Crippen LogP contribution < -0.4 is 0 Å². The average molecular weight is 308 g/mol. The van der Waals surface area contributed by atoms with Gasteiger partial charge in [0.05, 0.1) is 24.9 Å². The lowest BCUT2D eigenvalue weighted by Crippen LogP contribution is -2.50. The van der Waals surface area contributed by atoms with Crippen LogP contribution in [0.5, 0.6) is 0 Å². The predicted molar refractivity (Wildman–Crippen MR) is 71.7 cm³/mol. The normalized spacial score (nSPS) is 20.6. The van der Waals surface area contributed by atoms with Crippen molar-refractivity contribution >= 4 is 21.6 Å². The van der Waals surface area contributed by atoms with Crippen molar-refractivity contribution in [2.45, 2.75) is 30.9 Å². The standard InChI is InChI=1S/C11H18ClN3O3S/c1-11(2)9-15(5-6-18-11)19(16,17)10-7-13-14(8-10)4-3-12/h7-8H,3-6,9H2,1-2H3. The van der Waals surface area contributed by atoms with Crippen LogP contribution in [0.4, 0.5) is 0 Å². The third-order valence-electron chi connectivity index (χ3n) is 2.95. The highest BCUT2D eigenvalue weighted by atomic mass is 35.5. The van der Waals surface area contributed by atoms with Gasteiger partial charge < -0.3 is 4.74 Å². The molecule has 0 aromatic carbocycles. The van der Waals surface area contributed by atoms with Gasteiger partial charge in [0, 0.05) is 25.2 Å². The average Bonchev–Trinajstić information content (AvgIpc) is 2.77. The van der Waals surface area contributed by atoms with Gasteiger partial charge in [0.15, 0.2) is 0 Å². The molecule has 1 fully saturated rings. The van der Waals surface area contributed by atoms with Crippen LogP contribution in [0.1, 0.15) is 13.8 Å². The van der Waals surface area contributed by atoms with E-state index in [0.717, 1.165) is 0 Å². The first-order chi connectivity index (χ1) is 8.85. The number of alkyl halides is 1. The van der Waals surface area contributed by atoms with Gasteiger partial charge >= 0.3 is 0 Å². The molecule has 1 aliphatic rings. The Balaban J connectivity index is 2.21. The molecule has 6 nitrogen and oxygen atoms in total. The van der Waals surface area contributed by atoms with Crippen LogP contribution in [0.25, 0.3) is 0 Å². The van der Waals surface area contributed by atoms with E-state index in [2.05, 4.69) is 5.10 Å². The summed E-state index contributed by atoms with van der Waals surface area (Å²) in [6.45, 7) is 5.37.